The topological polar surface area (TPSA) is 103 Å². The summed E-state index contributed by atoms with van der Waals surface area (Å²) in [6, 6.07) is 8.39. The van der Waals surface area contributed by atoms with E-state index < -0.39 is 11.7 Å². The highest BCUT2D eigenvalue weighted by Crippen LogP contribution is 2.34. The summed E-state index contributed by atoms with van der Waals surface area (Å²) in [5, 5.41) is 2.83. The molecule has 3 fully saturated rings. The van der Waals surface area contributed by atoms with Gasteiger partial charge in [-0.05, 0) is 56.9 Å². The zero-order valence-electron chi connectivity index (χ0n) is 21.3. The molecule has 3 aromatic rings. The highest BCUT2D eigenvalue weighted by atomic mass is 19.1. The smallest absolute Gasteiger partial charge is 0.291 e. The number of carbonyl (C=O) groups excluding carboxylic acids is 2. The normalized spacial score (nSPS) is 21.5. The minimum absolute atomic E-state index is 0.0769. The molecule has 198 valence electrons. The van der Waals surface area contributed by atoms with Gasteiger partial charge in [-0.2, -0.15) is 0 Å². The molecule has 9 nitrogen and oxygen atoms in total. The molecule has 10 heteroatoms. The van der Waals surface area contributed by atoms with E-state index in [1.54, 1.807) is 24.5 Å². The number of H-pyrrole nitrogens is 1. The number of carbonyl (C=O) groups is 2. The lowest BCUT2D eigenvalue weighted by Gasteiger charge is -2.38. The van der Waals surface area contributed by atoms with Gasteiger partial charge in [0.05, 0.1) is 35.5 Å². The van der Waals surface area contributed by atoms with Gasteiger partial charge < -0.3 is 24.8 Å². The van der Waals surface area contributed by atoms with Gasteiger partial charge in [0, 0.05) is 49.6 Å². The van der Waals surface area contributed by atoms with E-state index >= 15 is 4.39 Å². The van der Waals surface area contributed by atoms with Gasteiger partial charge in [-0.1, -0.05) is 6.07 Å². The Morgan fingerprint density at radius 2 is 1.84 bits per heavy atom. The van der Waals surface area contributed by atoms with E-state index in [9.17, 15) is 9.59 Å². The zero-order valence-corrected chi connectivity index (χ0v) is 21.3. The van der Waals surface area contributed by atoms with Crippen LogP contribution in [0.5, 0.6) is 0 Å². The second-order valence-corrected chi connectivity index (χ2v) is 10.4. The molecule has 2 unspecified atom stereocenters. The average Bonchev–Trinajstić information content (AvgIpc) is 3.55. The number of pyridine rings is 1. The number of para-hydroxylation sites is 1. The first kappa shape index (κ1) is 24.5. The van der Waals surface area contributed by atoms with Crippen molar-refractivity contribution in [2.75, 3.05) is 36.4 Å². The number of likely N-dealkylation sites (tertiary alicyclic amines) is 1. The Morgan fingerprint density at radius 1 is 1.08 bits per heavy atom. The van der Waals surface area contributed by atoms with Gasteiger partial charge in [0.1, 0.15) is 5.82 Å². The molecule has 3 aliphatic rings. The Bertz CT molecular complexity index is 1340. The Morgan fingerprint density at radius 3 is 2.58 bits per heavy atom. The minimum Gasteiger partial charge on any atom is -0.371 e. The van der Waals surface area contributed by atoms with Crippen molar-refractivity contribution in [1.29, 1.82) is 0 Å². The number of morpholine rings is 1. The molecule has 0 saturated carbocycles. The number of aromatic amines is 1. The summed E-state index contributed by atoms with van der Waals surface area (Å²) in [6.45, 7) is 4.31. The molecule has 3 saturated heterocycles. The van der Waals surface area contributed by atoms with Gasteiger partial charge >= 0.3 is 0 Å². The lowest BCUT2D eigenvalue weighted by molar-refractivity contribution is -0.144. The second-order valence-electron chi connectivity index (χ2n) is 10.4. The van der Waals surface area contributed by atoms with Crippen LogP contribution in [0.4, 0.5) is 15.8 Å². The molecular formula is C28H31FN6O3. The van der Waals surface area contributed by atoms with Crippen LogP contribution in [0, 0.1) is 18.7 Å². The first-order valence-corrected chi connectivity index (χ1v) is 13.2. The van der Waals surface area contributed by atoms with E-state index in [1.807, 2.05) is 28.9 Å². The number of aromatic nitrogens is 3. The molecule has 2 N–H and O–H groups in total. The third kappa shape index (κ3) is 4.88. The largest absolute Gasteiger partial charge is 0.371 e. The molecule has 6 rings (SSSR count). The maximum atomic E-state index is 15.1. The summed E-state index contributed by atoms with van der Waals surface area (Å²) in [7, 11) is 0. The summed E-state index contributed by atoms with van der Waals surface area (Å²) in [5.41, 5.74) is 3.14. The highest BCUT2D eigenvalue weighted by Gasteiger charge is 2.38. The van der Waals surface area contributed by atoms with Crippen LogP contribution >= 0.6 is 0 Å². The van der Waals surface area contributed by atoms with Crippen LogP contribution in [0.1, 0.15) is 42.0 Å². The number of imidazole rings is 1. The number of rotatable bonds is 5. The minimum atomic E-state index is -0.458. The maximum absolute atomic E-state index is 15.1. The van der Waals surface area contributed by atoms with Crippen molar-refractivity contribution in [1.82, 2.24) is 19.9 Å². The molecule has 2 bridgehead atoms. The third-order valence-electron chi connectivity index (χ3n) is 7.75. The number of nitrogens with one attached hydrogen (secondary N) is 2. The van der Waals surface area contributed by atoms with Crippen LogP contribution in [0.2, 0.25) is 0 Å². The Labute approximate surface area is 220 Å². The number of anilines is 2. The molecule has 5 heterocycles. The number of hydrogen-bond donors (Lipinski definition) is 2. The van der Waals surface area contributed by atoms with E-state index in [0.29, 0.717) is 56.1 Å². The van der Waals surface area contributed by atoms with Crippen LogP contribution in [0.15, 0.2) is 42.7 Å². The van der Waals surface area contributed by atoms with Crippen molar-refractivity contribution in [3.05, 3.63) is 60.1 Å². The number of hydrogen-bond acceptors (Lipinski definition) is 6. The first-order valence-electron chi connectivity index (χ1n) is 13.2. The number of piperidine rings is 1. The predicted octanol–water partition coefficient (Wildman–Crippen LogP) is 3.78. The van der Waals surface area contributed by atoms with Gasteiger partial charge in [-0.3, -0.25) is 14.6 Å². The van der Waals surface area contributed by atoms with E-state index in [4.69, 9.17) is 4.74 Å². The predicted molar refractivity (Wildman–Crippen MR) is 140 cm³/mol. The Hall–Kier alpha value is -3.79. The van der Waals surface area contributed by atoms with Gasteiger partial charge in [-0.15, -0.1) is 0 Å². The molecule has 3 aliphatic heterocycles. The lowest BCUT2D eigenvalue weighted by Crippen LogP contribution is -2.50. The molecule has 2 amide bonds. The van der Waals surface area contributed by atoms with Crippen LogP contribution in [-0.2, 0) is 9.53 Å². The van der Waals surface area contributed by atoms with Gasteiger partial charge in [0.25, 0.3) is 5.91 Å². The summed E-state index contributed by atoms with van der Waals surface area (Å²) in [6.07, 6.45) is 6.96. The summed E-state index contributed by atoms with van der Waals surface area (Å²) in [4.78, 5) is 41.6. The first-order chi connectivity index (χ1) is 18.4. The van der Waals surface area contributed by atoms with Crippen molar-refractivity contribution in [2.24, 2.45) is 5.92 Å². The quantitative estimate of drug-likeness (QED) is 0.533. The van der Waals surface area contributed by atoms with Crippen molar-refractivity contribution in [3.63, 3.8) is 0 Å². The van der Waals surface area contributed by atoms with Crippen LogP contribution in [0.25, 0.3) is 11.3 Å². The third-order valence-corrected chi connectivity index (χ3v) is 7.75. The van der Waals surface area contributed by atoms with Gasteiger partial charge in [0.15, 0.2) is 5.82 Å². The van der Waals surface area contributed by atoms with Crippen LogP contribution in [-0.4, -0.2) is 70.1 Å². The number of aryl methyl sites for hydroxylation is 1. The number of amides is 2. The number of ether oxygens (including phenoxy) is 1. The van der Waals surface area contributed by atoms with E-state index in [-0.39, 0.29) is 29.9 Å². The molecular weight excluding hydrogens is 487 g/mol. The fourth-order valence-corrected chi connectivity index (χ4v) is 5.82. The molecule has 1 aromatic carbocycles. The zero-order chi connectivity index (χ0) is 26.2. The van der Waals surface area contributed by atoms with Crippen molar-refractivity contribution >= 4 is 23.2 Å². The van der Waals surface area contributed by atoms with Crippen molar-refractivity contribution < 1.29 is 18.7 Å². The molecule has 2 aromatic heterocycles. The number of nitrogens with zero attached hydrogens (tertiary/aromatic N) is 4. The average molecular weight is 519 g/mol. The fourth-order valence-electron chi connectivity index (χ4n) is 5.82. The number of benzene rings is 1. The monoisotopic (exact) mass is 518 g/mol. The highest BCUT2D eigenvalue weighted by molar-refractivity contribution is 6.04. The fraction of sp³-hybridized carbons (Fsp3) is 0.429. The van der Waals surface area contributed by atoms with E-state index in [1.165, 1.54) is 6.07 Å². The standard InChI is InChI=1S/C28H31FN6O3/c1-17-13-19(7-10-30-17)24-14-31-26(32-24)27(36)33-23-4-2-3-22(29)25(23)34-11-8-18(9-12-34)28(37)35-15-20-5-6-21(16-35)38-20/h2-4,7,10,13-14,18,20-21H,5-6,8-9,11-12,15-16H2,1H3,(H,31,32)(H,33,36). The van der Waals surface area contributed by atoms with Gasteiger partial charge in [0.2, 0.25) is 5.91 Å². The maximum Gasteiger partial charge on any atom is 0.291 e. The summed E-state index contributed by atoms with van der Waals surface area (Å²) < 4.78 is 20.9. The molecule has 0 aliphatic carbocycles. The SMILES string of the molecule is Cc1cc(-c2cnc(C(=O)Nc3cccc(F)c3N3CCC(C(=O)N4CC5CCC(C4)O5)CC3)[nH]2)ccn1. The lowest BCUT2D eigenvalue weighted by atomic mass is 9.94. The molecule has 0 spiro atoms. The Balaban J connectivity index is 1.12. The number of halogens is 1. The van der Waals surface area contributed by atoms with Gasteiger partial charge in [-0.25, -0.2) is 9.37 Å². The summed E-state index contributed by atoms with van der Waals surface area (Å²) in [5.74, 6) is -0.629. The van der Waals surface area contributed by atoms with Crippen LogP contribution in [0.3, 0.4) is 0 Å². The second kappa shape index (κ2) is 10.2. The van der Waals surface area contributed by atoms with Crippen molar-refractivity contribution in [3.8, 4) is 11.3 Å². The molecule has 38 heavy (non-hydrogen) atoms. The number of fused-ring (bicyclic) bond motifs is 2. The van der Waals surface area contributed by atoms with Crippen molar-refractivity contribution in [2.45, 2.75) is 44.8 Å². The molecule has 0 radical (unpaired) electrons. The van der Waals surface area contributed by atoms with E-state index in [0.717, 1.165) is 24.1 Å². The van der Waals surface area contributed by atoms with E-state index in [2.05, 4.69) is 20.3 Å². The molecule has 2 atom stereocenters. The van der Waals surface area contributed by atoms with Crippen LogP contribution < -0.4 is 10.2 Å². The Kier molecular flexibility index (Phi) is 6.57. The summed E-state index contributed by atoms with van der Waals surface area (Å²) >= 11 is 0.